The average Bonchev–Trinajstić information content (AvgIpc) is 2.17. The van der Waals surface area contributed by atoms with Crippen molar-refractivity contribution in [3.05, 3.63) is 36.2 Å². The summed E-state index contributed by atoms with van der Waals surface area (Å²) in [4.78, 5) is 8.33. The first kappa shape index (κ1) is 9.23. The topological polar surface area (TPSA) is 63.1 Å². The fraction of sp³-hybridized carbons (Fsp3) is 0.111. The highest BCUT2D eigenvalue weighted by atomic mass is 32.2. The Morgan fingerprint density at radius 3 is 2.71 bits per heavy atom. The SMILES string of the molecule is O=S(O)Cc1cnc2ccccc2n1. The van der Waals surface area contributed by atoms with Gasteiger partial charge in [-0.25, -0.2) is 9.19 Å². The van der Waals surface area contributed by atoms with Gasteiger partial charge < -0.3 is 4.55 Å². The van der Waals surface area contributed by atoms with Crippen molar-refractivity contribution < 1.29 is 8.76 Å². The third-order valence-corrected chi connectivity index (χ3v) is 2.31. The Hall–Kier alpha value is -1.33. The molecular weight excluding hydrogens is 200 g/mol. The van der Waals surface area contributed by atoms with Gasteiger partial charge in [0.05, 0.1) is 28.7 Å². The normalized spacial score (nSPS) is 12.9. The molecule has 0 amide bonds. The number of hydrogen-bond donors (Lipinski definition) is 1. The average molecular weight is 208 g/mol. The summed E-state index contributed by atoms with van der Waals surface area (Å²) in [5.41, 5.74) is 2.07. The summed E-state index contributed by atoms with van der Waals surface area (Å²) in [6.07, 6.45) is 1.52. The molecule has 72 valence electrons. The van der Waals surface area contributed by atoms with E-state index in [1.807, 2.05) is 24.3 Å². The van der Waals surface area contributed by atoms with Gasteiger partial charge in [0.2, 0.25) is 0 Å². The molecule has 1 unspecified atom stereocenters. The minimum absolute atomic E-state index is 0.0256. The number of fused-ring (bicyclic) bond motifs is 1. The van der Waals surface area contributed by atoms with Crippen LogP contribution in [0.3, 0.4) is 0 Å². The van der Waals surface area contributed by atoms with Crippen molar-refractivity contribution >= 4 is 22.1 Å². The van der Waals surface area contributed by atoms with Crippen LogP contribution in [0.1, 0.15) is 5.69 Å². The zero-order valence-electron chi connectivity index (χ0n) is 7.25. The molecule has 1 aromatic carbocycles. The van der Waals surface area contributed by atoms with Crippen LogP contribution < -0.4 is 0 Å². The van der Waals surface area contributed by atoms with Crippen LogP contribution in [-0.2, 0) is 16.8 Å². The lowest BCUT2D eigenvalue weighted by Crippen LogP contribution is -1.97. The standard InChI is InChI=1S/C9H8N2O2S/c12-14(13)6-7-5-10-8-3-1-2-4-9(8)11-7/h1-5H,6H2,(H,12,13). The van der Waals surface area contributed by atoms with Crippen LogP contribution in [0.15, 0.2) is 30.5 Å². The van der Waals surface area contributed by atoms with Crippen LogP contribution >= 0.6 is 0 Å². The van der Waals surface area contributed by atoms with Crippen LogP contribution in [0.4, 0.5) is 0 Å². The molecule has 2 rings (SSSR count). The van der Waals surface area contributed by atoms with Gasteiger partial charge in [0.15, 0.2) is 11.1 Å². The molecule has 0 saturated carbocycles. The summed E-state index contributed by atoms with van der Waals surface area (Å²) in [5, 5.41) is 0. The first-order chi connectivity index (χ1) is 6.75. The van der Waals surface area contributed by atoms with E-state index < -0.39 is 11.1 Å². The van der Waals surface area contributed by atoms with Crippen LogP contribution in [-0.4, -0.2) is 18.7 Å². The van der Waals surface area contributed by atoms with E-state index in [-0.39, 0.29) is 5.75 Å². The Morgan fingerprint density at radius 1 is 1.29 bits per heavy atom. The van der Waals surface area contributed by atoms with Gasteiger partial charge in [-0.3, -0.25) is 4.98 Å². The molecule has 0 aliphatic carbocycles. The molecule has 1 heterocycles. The van der Waals surface area contributed by atoms with Gasteiger partial charge in [-0.15, -0.1) is 0 Å². The lowest BCUT2D eigenvalue weighted by Gasteiger charge is -1.98. The van der Waals surface area contributed by atoms with E-state index in [9.17, 15) is 4.21 Å². The Labute approximate surface area is 83.3 Å². The third kappa shape index (κ3) is 1.94. The monoisotopic (exact) mass is 208 g/mol. The molecule has 1 N–H and O–H groups in total. The smallest absolute Gasteiger partial charge is 0.159 e. The second-order valence-electron chi connectivity index (χ2n) is 2.82. The Morgan fingerprint density at radius 2 is 2.00 bits per heavy atom. The number of aromatic nitrogens is 2. The van der Waals surface area contributed by atoms with E-state index in [0.717, 1.165) is 11.0 Å². The highest BCUT2D eigenvalue weighted by Crippen LogP contribution is 2.08. The van der Waals surface area contributed by atoms with E-state index in [2.05, 4.69) is 9.97 Å². The largest absolute Gasteiger partial charge is 0.306 e. The minimum Gasteiger partial charge on any atom is -0.306 e. The van der Waals surface area contributed by atoms with Gasteiger partial charge in [-0.05, 0) is 12.1 Å². The maximum absolute atomic E-state index is 10.5. The molecule has 0 radical (unpaired) electrons. The molecule has 0 fully saturated rings. The van der Waals surface area contributed by atoms with Gasteiger partial charge >= 0.3 is 0 Å². The van der Waals surface area contributed by atoms with Crippen LogP contribution in [0.5, 0.6) is 0 Å². The van der Waals surface area contributed by atoms with Gasteiger partial charge in [0.25, 0.3) is 0 Å². The molecule has 14 heavy (non-hydrogen) atoms. The fourth-order valence-corrected chi connectivity index (χ4v) is 1.58. The molecule has 1 aromatic heterocycles. The Kier molecular flexibility index (Phi) is 2.51. The fourth-order valence-electron chi connectivity index (χ4n) is 1.19. The third-order valence-electron chi connectivity index (χ3n) is 1.77. The van der Waals surface area contributed by atoms with Crippen molar-refractivity contribution in [3.63, 3.8) is 0 Å². The van der Waals surface area contributed by atoms with Gasteiger partial charge in [0, 0.05) is 0 Å². The summed E-state index contributed by atoms with van der Waals surface area (Å²) in [5.74, 6) is 0.0256. The number of rotatable bonds is 2. The lowest BCUT2D eigenvalue weighted by molar-refractivity contribution is 0.563. The molecule has 1 atom stereocenters. The summed E-state index contributed by atoms with van der Waals surface area (Å²) < 4.78 is 19.2. The molecule has 2 aromatic rings. The van der Waals surface area contributed by atoms with Crippen LogP contribution in [0.25, 0.3) is 11.0 Å². The van der Waals surface area contributed by atoms with Crippen molar-refractivity contribution in [3.8, 4) is 0 Å². The number of para-hydroxylation sites is 2. The maximum atomic E-state index is 10.5. The van der Waals surface area contributed by atoms with Crippen molar-refractivity contribution in [2.45, 2.75) is 5.75 Å². The summed E-state index contributed by atoms with van der Waals surface area (Å²) in [6, 6.07) is 7.41. The first-order valence-electron chi connectivity index (χ1n) is 4.04. The summed E-state index contributed by atoms with van der Waals surface area (Å²) in [6.45, 7) is 0. The summed E-state index contributed by atoms with van der Waals surface area (Å²) in [7, 11) is 0. The van der Waals surface area contributed by atoms with Crippen molar-refractivity contribution in [2.24, 2.45) is 0 Å². The maximum Gasteiger partial charge on any atom is 0.159 e. The predicted molar refractivity (Wildman–Crippen MR) is 54.0 cm³/mol. The second-order valence-corrected chi connectivity index (χ2v) is 3.75. The van der Waals surface area contributed by atoms with Crippen molar-refractivity contribution in [2.75, 3.05) is 0 Å². The van der Waals surface area contributed by atoms with Crippen molar-refractivity contribution in [1.29, 1.82) is 0 Å². The molecule has 0 aliphatic heterocycles. The molecular formula is C9H8N2O2S. The van der Waals surface area contributed by atoms with Gasteiger partial charge in [0.1, 0.15) is 0 Å². The molecule has 0 saturated heterocycles. The van der Waals surface area contributed by atoms with Gasteiger partial charge in [-0.1, -0.05) is 12.1 Å². The Balaban J connectivity index is 2.46. The molecule has 0 aliphatic rings. The van der Waals surface area contributed by atoms with E-state index in [0.29, 0.717) is 5.69 Å². The van der Waals surface area contributed by atoms with Crippen LogP contribution in [0, 0.1) is 0 Å². The summed E-state index contributed by atoms with van der Waals surface area (Å²) >= 11 is -1.86. The zero-order valence-corrected chi connectivity index (χ0v) is 8.07. The minimum atomic E-state index is -1.86. The Bertz CT molecular complexity index is 487. The molecule has 5 heteroatoms. The second kappa shape index (κ2) is 3.81. The number of nitrogens with zero attached hydrogens (tertiary/aromatic N) is 2. The van der Waals surface area contributed by atoms with Crippen molar-refractivity contribution in [1.82, 2.24) is 9.97 Å². The van der Waals surface area contributed by atoms with E-state index >= 15 is 0 Å². The number of benzene rings is 1. The van der Waals surface area contributed by atoms with Crippen LogP contribution in [0.2, 0.25) is 0 Å². The molecule has 0 spiro atoms. The highest BCUT2D eigenvalue weighted by Gasteiger charge is 2.01. The zero-order chi connectivity index (χ0) is 9.97. The molecule has 0 bridgehead atoms. The quantitative estimate of drug-likeness (QED) is 0.757. The first-order valence-corrected chi connectivity index (χ1v) is 5.31. The molecule has 4 nitrogen and oxygen atoms in total. The van der Waals surface area contributed by atoms with Gasteiger partial charge in [-0.2, -0.15) is 0 Å². The van der Waals surface area contributed by atoms with E-state index in [1.54, 1.807) is 0 Å². The van der Waals surface area contributed by atoms with E-state index in [1.165, 1.54) is 6.20 Å². The number of hydrogen-bond acceptors (Lipinski definition) is 3. The predicted octanol–water partition coefficient (Wildman–Crippen LogP) is 1.35. The lowest BCUT2D eigenvalue weighted by atomic mass is 10.3. The van der Waals surface area contributed by atoms with E-state index in [4.69, 9.17) is 4.55 Å². The highest BCUT2D eigenvalue weighted by molar-refractivity contribution is 7.78.